The quantitative estimate of drug-likeness (QED) is 0.727. The van der Waals surface area contributed by atoms with E-state index in [1.54, 1.807) is 11.8 Å². The van der Waals surface area contributed by atoms with Crippen LogP contribution >= 0.6 is 0 Å². The third-order valence-electron chi connectivity index (χ3n) is 6.27. The summed E-state index contributed by atoms with van der Waals surface area (Å²) in [5, 5.41) is 0. The Bertz CT molecular complexity index is 531. The average Bonchev–Trinajstić information content (AvgIpc) is 3.21. The van der Waals surface area contributed by atoms with E-state index in [0.29, 0.717) is 32.1 Å². The van der Waals surface area contributed by atoms with Gasteiger partial charge in [-0.1, -0.05) is 12.8 Å². The molecule has 3 rings (SSSR count). The molecule has 3 fully saturated rings. The monoisotopic (exact) mass is 364 g/mol. The molecule has 0 radical (unpaired) electrons. The van der Waals surface area contributed by atoms with Crippen molar-refractivity contribution in [2.45, 2.75) is 45.6 Å². The van der Waals surface area contributed by atoms with E-state index < -0.39 is 0 Å². The molecule has 1 atom stereocenters. The number of nitrogens with zero attached hydrogens (tertiary/aromatic N) is 4. The summed E-state index contributed by atoms with van der Waals surface area (Å²) in [6.07, 6.45) is 4.44. The minimum Gasteiger partial charge on any atom is -0.340 e. The lowest BCUT2D eigenvalue weighted by molar-refractivity contribution is -0.144. The first-order valence-electron chi connectivity index (χ1n) is 10.0. The Labute approximate surface area is 156 Å². The molecule has 0 bridgehead atoms. The number of carbonyl (C=O) groups excluding carboxylic acids is 3. The van der Waals surface area contributed by atoms with Crippen LogP contribution in [0.25, 0.3) is 0 Å². The van der Waals surface area contributed by atoms with Gasteiger partial charge in [-0.15, -0.1) is 0 Å². The van der Waals surface area contributed by atoms with Crippen molar-refractivity contribution in [3.8, 4) is 0 Å². The van der Waals surface area contributed by atoms with E-state index >= 15 is 0 Å². The molecular formula is C19H32N4O3. The minimum absolute atomic E-state index is 0.0770. The highest BCUT2D eigenvalue weighted by Gasteiger charge is 2.33. The highest BCUT2D eigenvalue weighted by molar-refractivity contribution is 5.82. The van der Waals surface area contributed by atoms with Crippen LogP contribution in [0.15, 0.2) is 0 Å². The first-order chi connectivity index (χ1) is 12.5. The van der Waals surface area contributed by atoms with Crippen molar-refractivity contribution in [2.24, 2.45) is 5.92 Å². The summed E-state index contributed by atoms with van der Waals surface area (Å²) in [5.41, 5.74) is 0. The Morgan fingerprint density at radius 1 is 0.769 bits per heavy atom. The number of rotatable bonds is 3. The van der Waals surface area contributed by atoms with Crippen molar-refractivity contribution in [1.29, 1.82) is 0 Å². The lowest BCUT2D eigenvalue weighted by Crippen LogP contribution is -2.58. The molecule has 0 aromatic rings. The molecule has 146 valence electrons. The van der Waals surface area contributed by atoms with Gasteiger partial charge in [0.25, 0.3) is 0 Å². The second kappa shape index (κ2) is 8.37. The Morgan fingerprint density at radius 3 is 1.81 bits per heavy atom. The van der Waals surface area contributed by atoms with E-state index in [-0.39, 0.29) is 23.8 Å². The van der Waals surface area contributed by atoms with Gasteiger partial charge in [0.1, 0.15) is 0 Å². The van der Waals surface area contributed by atoms with Crippen LogP contribution in [-0.2, 0) is 14.4 Å². The predicted octanol–water partition coefficient (Wildman–Crippen LogP) is 0.400. The van der Waals surface area contributed by atoms with Gasteiger partial charge in [0.05, 0.1) is 6.04 Å². The fourth-order valence-corrected chi connectivity index (χ4v) is 4.42. The molecule has 2 aliphatic heterocycles. The summed E-state index contributed by atoms with van der Waals surface area (Å²) in [7, 11) is 0. The molecule has 1 saturated carbocycles. The molecule has 1 unspecified atom stereocenters. The number of hydrogen-bond acceptors (Lipinski definition) is 4. The topological polar surface area (TPSA) is 64.2 Å². The molecular weight excluding hydrogens is 332 g/mol. The normalized spacial score (nSPS) is 24.0. The van der Waals surface area contributed by atoms with Crippen molar-refractivity contribution < 1.29 is 14.4 Å². The molecule has 2 heterocycles. The molecule has 1 aliphatic carbocycles. The standard InChI is InChI=1S/C19H32N4O3/c1-15(18(25)22-13-9-21(10-14-22)16(2)24)20-7-11-23(12-8-20)19(26)17-5-3-4-6-17/h15,17H,3-14H2,1-2H3. The Morgan fingerprint density at radius 2 is 1.27 bits per heavy atom. The molecule has 26 heavy (non-hydrogen) atoms. The molecule has 3 aliphatic rings. The zero-order valence-electron chi connectivity index (χ0n) is 16.2. The van der Waals surface area contributed by atoms with Crippen molar-refractivity contribution in [1.82, 2.24) is 19.6 Å². The van der Waals surface area contributed by atoms with Crippen LogP contribution in [0.3, 0.4) is 0 Å². The average molecular weight is 364 g/mol. The van der Waals surface area contributed by atoms with E-state index in [0.717, 1.165) is 39.0 Å². The SMILES string of the molecule is CC(=O)N1CCN(C(=O)C(C)N2CCN(C(=O)C3CCCC3)CC2)CC1. The van der Waals surface area contributed by atoms with E-state index in [9.17, 15) is 14.4 Å². The third kappa shape index (κ3) is 4.19. The summed E-state index contributed by atoms with van der Waals surface area (Å²) < 4.78 is 0. The van der Waals surface area contributed by atoms with Gasteiger partial charge in [-0.25, -0.2) is 0 Å². The van der Waals surface area contributed by atoms with E-state index in [2.05, 4.69) is 4.90 Å². The number of carbonyl (C=O) groups is 3. The van der Waals surface area contributed by atoms with Gasteiger partial charge in [-0.2, -0.15) is 0 Å². The van der Waals surface area contributed by atoms with Crippen LogP contribution in [0, 0.1) is 5.92 Å². The summed E-state index contributed by atoms with van der Waals surface area (Å²) in [5.74, 6) is 0.775. The van der Waals surface area contributed by atoms with Crippen LogP contribution in [-0.4, -0.2) is 95.7 Å². The summed E-state index contributed by atoms with van der Waals surface area (Å²) in [6, 6.07) is -0.164. The zero-order chi connectivity index (χ0) is 18.7. The van der Waals surface area contributed by atoms with Crippen molar-refractivity contribution >= 4 is 17.7 Å². The Hall–Kier alpha value is -1.63. The Balaban J connectivity index is 1.45. The van der Waals surface area contributed by atoms with E-state index in [1.807, 2.05) is 16.7 Å². The Kier molecular flexibility index (Phi) is 6.16. The third-order valence-corrected chi connectivity index (χ3v) is 6.27. The second-order valence-corrected chi connectivity index (χ2v) is 7.85. The lowest BCUT2D eigenvalue weighted by Gasteiger charge is -2.41. The summed E-state index contributed by atoms with van der Waals surface area (Å²) in [6.45, 7) is 9.00. The second-order valence-electron chi connectivity index (χ2n) is 7.85. The van der Waals surface area contributed by atoms with Crippen molar-refractivity contribution in [3.63, 3.8) is 0 Å². The molecule has 0 aromatic heterocycles. The molecule has 0 spiro atoms. The first-order valence-corrected chi connectivity index (χ1v) is 10.0. The first kappa shape index (κ1) is 19.1. The maximum Gasteiger partial charge on any atom is 0.239 e. The smallest absolute Gasteiger partial charge is 0.239 e. The molecule has 0 aromatic carbocycles. The summed E-state index contributed by atoms with van der Waals surface area (Å²) >= 11 is 0. The van der Waals surface area contributed by atoms with Gasteiger partial charge < -0.3 is 14.7 Å². The van der Waals surface area contributed by atoms with E-state index in [1.165, 1.54) is 12.8 Å². The van der Waals surface area contributed by atoms with Crippen molar-refractivity contribution in [3.05, 3.63) is 0 Å². The van der Waals surface area contributed by atoms with Crippen LogP contribution in [0.4, 0.5) is 0 Å². The highest BCUT2D eigenvalue weighted by atomic mass is 16.2. The fourth-order valence-electron chi connectivity index (χ4n) is 4.42. The van der Waals surface area contributed by atoms with Crippen LogP contribution in [0.2, 0.25) is 0 Å². The van der Waals surface area contributed by atoms with Gasteiger partial charge in [-0.05, 0) is 19.8 Å². The largest absolute Gasteiger partial charge is 0.340 e. The van der Waals surface area contributed by atoms with Crippen LogP contribution < -0.4 is 0 Å². The maximum atomic E-state index is 12.8. The number of hydrogen-bond donors (Lipinski definition) is 0. The number of amides is 3. The van der Waals surface area contributed by atoms with Gasteiger partial charge in [0.2, 0.25) is 17.7 Å². The minimum atomic E-state index is -0.164. The molecule has 0 N–H and O–H groups in total. The maximum absolute atomic E-state index is 12.8. The summed E-state index contributed by atoms with van der Waals surface area (Å²) in [4.78, 5) is 44.6. The lowest BCUT2D eigenvalue weighted by atomic mass is 10.1. The van der Waals surface area contributed by atoms with E-state index in [4.69, 9.17) is 0 Å². The molecule has 3 amide bonds. The molecule has 2 saturated heterocycles. The predicted molar refractivity (Wildman–Crippen MR) is 98.4 cm³/mol. The van der Waals surface area contributed by atoms with Crippen molar-refractivity contribution in [2.75, 3.05) is 52.4 Å². The zero-order valence-corrected chi connectivity index (χ0v) is 16.2. The van der Waals surface area contributed by atoms with Crippen LogP contribution in [0.5, 0.6) is 0 Å². The van der Waals surface area contributed by atoms with Gasteiger partial charge in [0.15, 0.2) is 0 Å². The molecule has 7 heteroatoms. The number of piperazine rings is 2. The van der Waals surface area contributed by atoms with Gasteiger partial charge >= 0.3 is 0 Å². The van der Waals surface area contributed by atoms with Crippen LogP contribution in [0.1, 0.15) is 39.5 Å². The van der Waals surface area contributed by atoms with Gasteiger partial charge in [-0.3, -0.25) is 19.3 Å². The fraction of sp³-hybridized carbons (Fsp3) is 0.842. The van der Waals surface area contributed by atoms with Gasteiger partial charge in [0, 0.05) is 65.2 Å². The highest BCUT2D eigenvalue weighted by Crippen LogP contribution is 2.27. The molecule has 7 nitrogen and oxygen atoms in total.